The molecule has 0 radical (unpaired) electrons. The minimum absolute atomic E-state index is 0.285. The van der Waals surface area contributed by atoms with Crippen molar-refractivity contribution in [3.05, 3.63) is 68.9 Å². The summed E-state index contributed by atoms with van der Waals surface area (Å²) in [4.78, 5) is 0. The minimum atomic E-state index is -0.626. The summed E-state index contributed by atoms with van der Waals surface area (Å²) in [7, 11) is 0. The third kappa shape index (κ3) is 3.23. The topological polar surface area (TPSA) is 20.2 Å². The van der Waals surface area contributed by atoms with Gasteiger partial charge in [-0.15, -0.1) is 0 Å². The van der Waals surface area contributed by atoms with E-state index in [1.165, 1.54) is 12.1 Å². The second-order valence-corrected chi connectivity index (χ2v) is 5.62. The fraction of sp³-hybridized carbons (Fsp3) is 0.250. The van der Waals surface area contributed by atoms with E-state index in [0.29, 0.717) is 6.42 Å². The maximum absolute atomic E-state index is 13.3. The van der Waals surface area contributed by atoms with Crippen molar-refractivity contribution in [1.82, 2.24) is 0 Å². The Kier molecular flexibility index (Phi) is 4.38. The zero-order valence-electron chi connectivity index (χ0n) is 11.0. The molecule has 0 heterocycles. The Labute approximate surface area is 121 Å². The molecule has 0 aliphatic heterocycles. The van der Waals surface area contributed by atoms with Crippen LogP contribution in [0.4, 0.5) is 4.39 Å². The van der Waals surface area contributed by atoms with Crippen molar-refractivity contribution in [2.75, 3.05) is 0 Å². The average Bonchev–Trinajstić information content (AvgIpc) is 2.33. The molecule has 0 spiro atoms. The molecule has 1 nitrogen and oxygen atoms in total. The molecule has 1 atom stereocenters. The highest BCUT2D eigenvalue weighted by Crippen LogP contribution is 2.28. The van der Waals surface area contributed by atoms with E-state index in [9.17, 15) is 9.50 Å². The Morgan fingerprint density at radius 1 is 1.16 bits per heavy atom. The first-order valence-corrected chi connectivity index (χ1v) is 6.96. The summed E-state index contributed by atoms with van der Waals surface area (Å²) < 4.78 is 14.1. The van der Waals surface area contributed by atoms with Crippen LogP contribution in [-0.2, 0) is 6.42 Å². The third-order valence-electron chi connectivity index (χ3n) is 3.30. The van der Waals surface area contributed by atoms with E-state index in [-0.39, 0.29) is 5.82 Å². The normalized spacial score (nSPS) is 12.5. The Bertz CT molecular complexity index is 575. The van der Waals surface area contributed by atoms with E-state index in [1.807, 2.05) is 32.0 Å². The van der Waals surface area contributed by atoms with Crippen molar-refractivity contribution in [2.45, 2.75) is 26.4 Å². The largest absolute Gasteiger partial charge is 0.388 e. The first kappa shape index (κ1) is 14.2. The lowest BCUT2D eigenvalue weighted by Gasteiger charge is -2.17. The molecule has 0 aromatic heterocycles. The first-order valence-electron chi connectivity index (χ1n) is 6.17. The molecule has 0 fully saturated rings. The van der Waals surface area contributed by atoms with Crippen LogP contribution >= 0.6 is 15.9 Å². The monoisotopic (exact) mass is 322 g/mol. The van der Waals surface area contributed by atoms with Gasteiger partial charge in [0.05, 0.1) is 6.10 Å². The van der Waals surface area contributed by atoms with Crippen LogP contribution in [0, 0.1) is 19.7 Å². The van der Waals surface area contributed by atoms with Crippen molar-refractivity contribution in [2.24, 2.45) is 0 Å². The Morgan fingerprint density at radius 2 is 1.79 bits per heavy atom. The Morgan fingerprint density at radius 3 is 2.42 bits per heavy atom. The molecule has 19 heavy (non-hydrogen) atoms. The maximum atomic E-state index is 13.3. The lowest BCUT2D eigenvalue weighted by Crippen LogP contribution is -2.06. The van der Waals surface area contributed by atoms with E-state index in [2.05, 4.69) is 15.9 Å². The molecule has 2 rings (SSSR count). The van der Waals surface area contributed by atoms with Crippen LogP contribution in [-0.4, -0.2) is 5.11 Å². The molecule has 2 aromatic carbocycles. The summed E-state index contributed by atoms with van der Waals surface area (Å²) in [5.41, 5.74) is 3.81. The van der Waals surface area contributed by atoms with Crippen LogP contribution in [0.5, 0.6) is 0 Å². The van der Waals surface area contributed by atoms with Crippen LogP contribution in [0.15, 0.2) is 40.9 Å². The SMILES string of the molecule is Cc1cccc(C)c1C(O)Cc1cc(F)ccc1Br. The molecule has 1 N–H and O–H groups in total. The number of halogens is 2. The summed E-state index contributed by atoms with van der Waals surface area (Å²) in [5.74, 6) is -0.285. The highest BCUT2D eigenvalue weighted by molar-refractivity contribution is 9.10. The predicted octanol–water partition coefficient (Wildman–Crippen LogP) is 4.48. The van der Waals surface area contributed by atoms with Crippen LogP contribution in [0.1, 0.15) is 28.4 Å². The molecular formula is C16H16BrFO. The predicted molar refractivity (Wildman–Crippen MR) is 78.7 cm³/mol. The van der Waals surface area contributed by atoms with Gasteiger partial charge in [-0.2, -0.15) is 0 Å². The molecule has 3 heteroatoms. The van der Waals surface area contributed by atoms with Crippen molar-refractivity contribution in [3.63, 3.8) is 0 Å². The summed E-state index contributed by atoms with van der Waals surface area (Å²) in [6.45, 7) is 3.96. The van der Waals surface area contributed by atoms with Crippen molar-refractivity contribution >= 4 is 15.9 Å². The lowest BCUT2D eigenvalue weighted by molar-refractivity contribution is 0.176. The van der Waals surface area contributed by atoms with Crippen molar-refractivity contribution in [3.8, 4) is 0 Å². The zero-order chi connectivity index (χ0) is 14.0. The smallest absolute Gasteiger partial charge is 0.123 e. The lowest BCUT2D eigenvalue weighted by atomic mass is 9.94. The van der Waals surface area contributed by atoms with Gasteiger partial charge in [-0.1, -0.05) is 34.1 Å². The maximum Gasteiger partial charge on any atom is 0.123 e. The summed E-state index contributed by atoms with van der Waals surface area (Å²) in [5, 5.41) is 10.4. The molecule has 100 valence electrons. The Hall–Kier alpha value is -1.19. The standard InChI is InChI=1S/C16H16BrFO/c1-10-4-3-5-11(2)16(10)15(19)9-12-8-13(18)6-7-14(12)17/h3-8,15,19H,9H2,1-2H3. The molecular weight excluding hydrogens is 307 g/mol. The quantitative estimate of drug-likeness (QED) is 0.883. The van der Waals surface area contributed by atoms with Gasteiger partial charge in [-0.05, 0) is 54.3 Å². The van der Waals surface area contributed by atoms with Gasteiger partial charge in [0.1, 0.15) is 5.82 Å². The number of aliphatic hydroxyl groups is 1. The average molecular weight is 323 g/mol. The van der Waals surface area contributed by atoms with Gasteiger partial charge in [0, 0.05) is 10.9 Å². The van der Waals surface area contributed by atoms with Gasteiger partial charge < -0.3 is 5.11 Å². The minimum Gasteiger partial charge on any atom is -0.388 e. The molecule has 0 saturated carbocycles. The van der Waals surface area contributed by atoms with Crippen LogP contribution in [0.25, 0.3) is 0 Å². The van der Waals surface area contributed by atoms with Crippen LogP contribution in [0.2, 0.25) is 0 Å². The van der Waals surface area contributed by atoms with Gasteiger partial charge in [0.15, 0.2) is 0 Å². The number of benzene rings is 2. The highest BCUT2D eigenvalue weighted by atomic mass is 79.9. The number of aryl methyl sites for hydroxylation is 2. The highest BCUT2D eigenvalue weighted by Gasteiger charge is 2.15. The fourth-order valence-corrected chi connectivity index (χ4v) is 2.77. The van der Waals surface area contributed by atoms with E-state index in [0.717, 1.165) is 26.7 Å². The Balaban J connectivity index is 2.31. The number of rotatable bonds is 3. The van der Waals surface area contributed by atoms with E-state index in [4.69, 9.17) is 0 Å². The molecule has 0 aliphatic rings. The molecule has 1 unspecified atom stereocenters. The molecule has 2 aromatic rings. The number of aliphatic hydroxyl groups excluding tert-OH is 1. The third-order valence-corrected chi connectivity index (χ3v) is 4.07. The first-order chi connectivity index (χ1) is 8.99. The number of hydrogen-bond acceptors (Lipinski definition) is 1. The molecule has 0 aliphatic carbocycles. The van der Waals surface area contributed by atoms with Crippen LogP contribution < -0.4 is 0 Å². The summed E-state index contributed by atoms with van der Waals surface area (Å²) in [6.07, 6.45) is -0.233. The van der Waals surface area contributed by atoms with Gasteiger partial charge in [-0.3, -0.25) is 0 Å². The van der Waals surface area contributed by atoms with Gasteiger partial charge >= 0.3 is 0 Å². The van der Waals surface area contributed by atoms with Gasteiger partial charge in [0.25, 0.3) is 0 Å². The van der Waals surface area contributed by atoms with Gasteiger partial charge in [-0.25, -0.2) is 4.39 Å². The molecule has 0 bridgehead atoms. The second kappa shape index (κ2) is 5.85. The van der Waals surface area contributed by atoms with E-state index >= 15 is 0 Å². The van der Waals surface area contributed by atoms with E-state index in [1.54, 1.807) is 6.07 Å². The molecule has 0 saturated heterocycles. The van der Waals surface area contributed by atoms with Crippen molar-refractivity contribution < 1.29 is 9.50 Å². The van der Waals surface area contributed by atoms with Crippen LogP contribution in [0.3, 0.4) is 0 Å². The number of hydrogen-bond donors (Lipinski definition) is 1. The molecule has 0 amide bonds. The van der Waals surface area contributed by atoms with Gasteiger partial charge in [0.2, 0.25) is 0 Å². The zero-order valence-corrected chi connectivity index (χ0v) is 12.5. The fourth-order valence-electron chi connectivity index (χ4n) is 2.36. The summed E-state index contributed by atoms with van der Waals surface area (Å²) in [6, 6.07) is 10.5. The summed E-state index contributed by atoms with van der Waals surface area (Å²) >= 11 is 3.39. The second-order valence-electron chi connectivity index (χ2n) is 4.76. The van der Waals surface area contributed by atoms with Crippen molar-refractivity contribution in [1.29, 1.82) is 0 Å². The van der Waals surface area contributed by atoms with E-state index < -0.39 is 6.10 Å².